The molecular weight excluding hydrogens is 374 g/mol. The maximum atomic E-state index is 13.2. The Morgan fingerprint density at radius 2 is 1.75 bits per heavy atom. The molecule has 5 heteroatoms. The van der Waals surface area contributed by atoms with Crippen molar-refractivity contribution in [2.45, 2.75) is 39.7 Å². The zero-order valence-corrected chi connectivity index (χ0v) is 18.0. The van der Waals surface area contributed by atoms with E-state index in [2.05, 4.69) is 20.8 Å². The minimum absolute atomic E-state index is 0.0833. The summed E-state index contributed by atoms with van der Waals surface area (Å²) in [6.07, 6.45) is 1.25. The zero-order valence-electron chi connectivity index (χ0n) is 17.2. The van der Waals surface area contributed by atoms with Gasteiger partial charge in [0, 0.05) is 18.0 Å². The molecule has 0 fully saturated rings. The summed E-state index contributed by atoms with van der Waals surface area (Å²) in [6, 6.07) is 11.5. The highest BCUT2D eigenvalue weighted by Gasteiger charge is 2.35. The average molecular weight is 402 g/mol. The lowest BCUT2D eigenvalue weighted by molar-refractivity contribution is -0.135. The van der Waals surface area contributed by atoms with E-state index in [1.54, 1.807) is 14.2 Å². The Hall–Kier alpha value is -2.20. The van der Waals surface area contributed by atoms with Gasteiger partial charge in [-0.25, -0.2) is 0 Å². The van der Waals surface area contributed by atoms with Crippen molar-refractivity contribution in [3.8, 4) is 11.5 Å². The molecule has 1 atom stereocenters. The quantitative estimate of drug-likeness (QED) is 0.700. The van der Waals surface area contributed by atoms with Gasteiger partial charge < -0.3 is 14.4 Å². The highest BCUT2D eigenvalue weighted by molar-refractivity contribution is 6.31. The lowest BCUT2D eigenvalue weighted by atomic mass is 9.85. The van der Waals surface area contributed by atoms with E-state index in [1.807, 2.05) is 41.3 Å². The van der Waals surface area contributed by atoms with Crippen LogP contribution in [0.3, 0.4) is 0 Å². The molecule has 0 radical (unpaired) electrons. The molecule has 1 aliphatic rings. The van der Waals surface area contributed by atoms with Crippen LogP contribution in [0.5, 0.6) is 11.5 Å². The number of amides is 1. The topological polar surface area (TPSA) is 38.8 Å². The number of methoxy groups -OCH3 is 2. The van der Waals surface area contributed by atoms with E-state index < -0.39 is 0 Å². The van der Waals surface area contributed by atoms with Gasteiger partial charge in [0.05, 0.1) is 20.3 Å². The second kappa shape index (κ2) is 8.04. The Balaban J connectivity index is 2.14. The van der Waals surface area contributed by atoms with Crippen LogP contribution in [0.15, 0.2) is 36.4 Å². The number of benzene rings is 2. The van der Waals surface area contributed by atoms with E-state index in [0.717, 1.165) is 23.1 Å². The van der Waals surface area contributed by atoms with E-state index in [0.29, 0.717) is 29.5 Å². The molecule has 0 aliphatic carbocycles. The van der Waals surface area contributed by atoms with E-state index in [1.165, 1.54) is 0 Å². The maximum absolute atomic E-state index is 13.2. The van der Waals surface area contributed by atoms with Crippen LogP contribution in [0.2, 0.25) is 5.02 Å². The Bertz CT molecular complexity index is 873. The van der Waals surface area contributed by atoms with E-state index in [4.69, 9.17) is 21.1 Å². The largest absolute Gasteiger partial charge is 0.493 e. The predicted molar refractivity (Wildman–Crippen MR) is 112 cm³/mol. The van der Waals surface area contributed by atoms with Crippen molar-refractivity contribution in [3.05, 3.63) is 58.1 Å². The Kier molecular flexibility index (Phi) is 5.90. The maximum Gasteiger partial charge on any atom is 0.223 e. The van der Waals surface area contributed by atoms with Crippen LogP contribution in [0.25, 0.3) is 0 Å². The third-order valence-electron chi connectivity index (χ3n) is 5.08. The molecule has 1 aliphatic heterocycles. The molecule has 1 amide bonds. The minimum Gasteiger partial charge on any atom is -0.493 e. The molecule has 0 bridgehead atoms. The van der Waals surface area contributed by atoms with Crippen molar-refractivity contribution in [2.24, 2.45) is 5.41 Å². The summed E-state index contributed by atoms with van der Waals surface area (Å²) in [7, 11) is 3.26. The Morgan fingerprint density at radius 1 is 1.11 bits per heavy atom. The van der Waals surface area contributed by atoms with Gasteiger partial charge in [-0.3, -0.25) is 4.79 Å². The summed E-state index contributed by atoms with van der Waals surface area (Å²) in [6.45, 7) is 6.90. The summed E-state index contributed by atoms with van der Waals surface area (Å²) in [5, 5.41) is 0.656. The number of nitrogens with zero attached hydrogens (tertiary/aromatic N) is 1. The van der Waals surface area contributed by atoms with Gasteiger partial charge in [-0.1, -0.05) is 50.6 Å². The lowest BCUT2D eigenvalue weighted by Gasteiger charge is -2.39. The molecule has 3 rings (SSSR count). The summed E-state index contributed by atoms with van der Waals surface area (Å²) in [5.41, 5.74) is 3.04. The minimum atomic E-state index is -0.243. The Labute approximate surface area is 172 Å². The van der Waals surface area contributed by atoms with Crippen LogP contribution in [0.4, 0.5) is 0 Å². The van der Waals surface area contributed by atoms with E-state index >= 15 is 0 Å². The molecule has 0 saturated carbocycles. The van der Waals surface area contributed by atoms with Crippen molar-refractivity contribution >= 4 is 17.5 Å². The monoisotopic (exact) mass is 401 g/mol. The summed E-state index contributed by atoms with van der Waals surface area (Å²) in [5.74, 6) is 1.50. The Morgan fingerprint density at radius 3 is 2.36 bits per heavy atom. The number of ether oxygens (including phenoxy) is 2. The number of hydrogen-bond acceptors (Lipinski definition) is 3. The molecule has 0 saturated heterocycles. The third kappa shape index (κ3) is 4.12. The fourth-order valence-electron chi connectivity index (χ4n) is 3.80. The zero-order chi connectivity index (χ0) is 20.5. The highest BCUT2D eigenvalue weighted by atomic mass is 35.5. The van der Waals surface area contributed by atoms with Crippen molar-refractivity contribution in [3.63, 3.8) is 0 Å². The molecule has 0 N–H and O–H groups in total. The smallest absolute Gasteiger partial charge is 0.223 e. The first-order valence-corrected chi connectivity index (χ1v) is 9.91. The van der Waals surface area contributed by atoms with Gasteiger partial charge in [0.25, 0.3) is 0 Å². The highest BCUT2D eigenvalue weighted by Crippen LogP contribution is 2.43. The lowest BCUT2D eigenvalue weighted by Crippen LogP contribution is -2.42. The van der Waals surface area contributed by atoms with Crippen LogP contribution in [0.1, 0.15) is 49.9 Å². The van der Waals surface area contributed by atoms with Gasteiger partial charge in [0.1, 0.15) is 0 Å². The SMILES string of the molecule is COc1cc2c(cc1OC)C(c1ccccc1Cl)N(C(=O)CC(C)(C)C)CC2. The number of carbonyl (C=O) groups excluding carboxylic acids is 1. The van der Waals surface area contributed by atoms with Gasteiger partial charge in [0.2, 0.25) is 5.91 Å². The first kappa shape index (κ1) is 20.5. The molecule has 150 valence electrons. The average Bonchev–Trinajstić information content (AvgIpc) is 2.65. The summed E-state index contributed by atoms with van der Waals surface area (Å²) >= 11 is 6.57. The van der Waals surface area contributed by atoms with E-state index in [-0.39, 0.29) is 17.4 Å². The van der Waals surface area contributed by atoms with Gasteiger partial charge in [-0.2, -0.15) is 0 Å². The number of halogens is 1. The molecular formula is C23H28ClNO3. The molecule has 0 aromatic heterocycles. The first-order chi connectivity index (χ1) is 13.2. The summed E-state index contributed by atoms with van der Waals surface area (Å²) in [4.78, 5) is 15.2. The van der Waals surface area contributed by atoms with Crippen molar-refractivity contribution in [2.75, 3.05) is 20.8 Å². The third-order valence-corrected chi connectivity index (χ3v) is 5.42. The molecule has 4 nitrogen and oxygen atoms in total. The van der Waals surface area contributed by atoms with Gasteiger partial charge >= 0.3 is 0 Å². The standard InChI is InChI=1S/C23H28ClNO3/c1-23(2,3)14-21(26)25-11-10-15-12-19(27-4)20(28-5)13-17(15)22(25)16-8-6-7-9-18(16)24/h6-9,12-13,22H,10-11,14H2,1-5H3. The second-order valence-electron chi connectivity index (χ2n) is 8.40. The van der Waals surface area contributed by atoms with Crippen molar-refractivity contribution in [1.29, 1.82) is 0 Å². The molecule has 28 heavy (non-hydrogen) atoms. The van der Waals surface area contributed by atoms with Crippen LogP contribution in [-0.2, 0) is 11.2 Å². The number of fused-ring (bicyclic) bond motifs is 1. The van der Waals surface area contributed by atoms with Crippen LogP contribution in [-0.4, -0.2) is 31.6 Å². The van der Waals surface area contributed by atoms with Gasteiger partial charge in [-0.05, 0) is 46.7 Å². The van der Waals surface area contributed by atoms with Crippen molar-refractivity contribution < 1.29 is 14.3 Å². The van der Waals surface area contributed by atoms with Crippen molar-refractivity contribution in [1.82, 2.24) is 4.90 Å². The molecule has 0 spiro atoms. The second-order valence-corrected chi connectivity index (χ2v) is 8.81. The predicted octanol–water partition coefficient (Wildman–Crippen LogP) is 5.27. The van der Waals surface area contributed by atoms with Crippen LogP contribution >= 0.6 is 11.6 Å². The number of hydrogen-bond donors (Lipinski definition) is 0. The number of rotatable bonds is 4. The fraction of sp³-hybridized carbons (Fsp3) is 0.435. The van der Waals surface area contributed by atoms with E-state index in [9.17, 15) is 4.79 Å². The van der Waals surface area contributed by atoms with Gasteiger partial charge in [0.15, 0.2) is 11.5 Å². The molecule has 1 heterocycles. The number of carbonyl (C=O) groups is 1. The first-order valence-electron chi connectivity index (χ1n) is 9.54. The molecule has 1 unspecified atom stereocenters. The van der Waals surface area contributed by atoms with Crippen LogP contribution in [0, 0.1) is 5.41 Å². The normalized spacial score (nSPS) is 16.5. The summed E-state index contributed by atoms with van der Waals surface area (Å²) < 4.78 is 11.0. The van der Waals surface area contributed by atoms with Crippen LogP contribution < -0.4 is 9.47 Å². The molecule has 2 aromatic carbocycles. The molecule has 2 aromatic rings. The fourth-order valence-corrected chi connectivity index (χ4v) is 4.04. The van der Waals surface area contributed by atoms with Gasteiger partial charge in [-0.15, -0.1) is 0 Å².